The molecule has 1 aliphatic rings. The average Bonchev–Trinajstić information content (AvgIpc) is 2.67. The van der Waals surface area contributed by atoms with Gasteiger partial charge in [0.05, 0.1) is 0 Å². The molecule has 1 heteroatoms. The SMILES string of the molecule is Oc1ccc2c(c1)-c1cccc3cccc-2c13. The second-order valence-electron chi connectivity index (χ2n) is 4.44. The molecule has 1 nitrogen and oxygen atoms in total. The zero-order chi connectivity index (χ0) is 11.4. The third-order valence-electron chi connectivity index (χ3n) is 3.49. The Balaban J connectivity index is 2.26. The molecule has 0 amide bonds. The molecular weight excluding hydrogens is 208 g/mol. The van der Waals surface area contributed by atoms with Crippen molar-refractivity contribution in [3.05, 3.63) is 54.6 Å². The maximum absolute atomic E-state index is 9.63. The van der Waals surface area contributed by atoms with Gasteiger partial charge in [0.2, 0.25) is 0 Å². The molecule has 0 aliphatic heterocycles. The minimum Gasteiger partial charge on any atom is -0.508 e. The zero-order valence-corrected chi connectivity index (χ0v) is 9.14. The van der Waals surface area contributed by atoms with E-state index in [2.05, 4.69) is 36.4 Å². The molecule has 17 heavy (non-hydrogen) atoms. The summed E-state index contributed by atoms with van der Waals surface area (Å²) in [6.45, 7) is 0. The van der Waals surface area contributed by atoms with Crippen LogP contribution in [0.25, 0.3) is 33.0 Å². The fourth-order valence-corrected chi connectivity index (χ4v) is 2.78. The van der Waals surface area contributed by atoms with Crippen LogP contribution in [0.3, 0.4) is 0 Å². The van der Waals surface area contributed by atoms with E-state index in [1.54, 1.807) is 6.07 Å². The van der Waals surface area contributed by atoms with Gasteiger partial charge in [-0.1, -0.05) is 42.5 Å². The lowest BCUT2D eigenvalue weighted by atomic mass is 10.0. The summed E-state index contributed by atoms with van der Waals surface area (Å²) in [7, 11) is 0. The molecule has 0 fully saturated rings. The van der Waals surface area contributed by atoms with Gasteiger partial charge in [0.25, 0.3) is 0 Å². The van der Waals surface area contributed by atoms with Gasteiger partial charge >= 0.3 is 0 Å². The van der Waals surface area contributed by atoms with Crippen molar-refractivity contribution in [3.8, 4) is 28.0 Å². The van der Waals surface area contributed by atoms with Crippen LogP contribution in [-0.4, -0.2) is 5.11 Å². The van der Waals surface area contributed by atoms with Crippen molar-refractivity contribution in [1.82, 2.24) is 0 Å². The minimum atomic E-state index is 0.327. The zero-order valence-electron chi connectivity index (χ0n) is 9.14. The van der Waals surface area contributed by atoms with E-state index in [9.17, 15) is 5.11 Å². The fraction of sp³-hybridized carbons (Fsp3) is 0. The summed E-state index contributed by atoms with van der Waals surface area (Å²) in [5, 5.41) is 12.2. The Morgan fingerprint density at radius 1 is 0.647 bits per heavy atom. The summed E-state index contributed by atoms with van der Waals surface area (Å²) >= 11 is 0. The van der Waals surface area contributed by atoms with Crippen LogP contribution >= 0.6 is 0 Å². The van der Waals surface area contributed by atoms with Crippen molar-refractivity contribution in [1.29, 1.82) is 0 Å². The Labute approximate surface area is 99.0 Å². The highest BCUT2D eigenvalue weighted by Gasteiger charge is 2.20. The minimum absolute atomic E-state index is 0.327. The summed E-state index contributed by atoms with van der Waals surface area (Å²) in [4.78, 5) is 0. The third kappa shape index (κ3) is 1.03. The fourth-order valence-electron chi connectivity index (χ4n) is 2.78. The van der Waals surface area contributed by atoms with Gasteiger partial charge in [-0.15, -0.1) is 0 Å². The van der Waals surface area contributed by atoms with Crippen molar-refractivity contribution in [2.24, 2.45) is 0 Å². The molecule has 0 unspecified atom stereocenters. The van der Waals surface area contributed by atoms with E-state index in [1.807, 2.05) is 12.1 Å². The molecule has 3 aromatic carbocycles. The summed E-state index contributed by atoms with van der Waals surface area (Å²) < 4.78 is 0. The molecule has 0 heterocycles. The molecule has 4 rings (SSSR count). The molecule has 0 bridgehead atoms. The largest absolute Gasteiger partial charge is 0.508 e. The van der Waals surface area contributed by atoms with Crippen LogP contribution in [0, 0.1) is 0 Å². The van der Waals surface area contributed by atoms with E-state index in [1.165, 1.54) is 27.5 Å². The highest BCUT2D eigenvalue weighted by molar-refractivity contribution is 6.15. The lowest BCUT2D eigenvalue weighted by molar-refractivity contribution is 0.475. The first-order valence-corrected chi connectivity index (χ1v) is 5.70. The predicted octanol–water partition coefficient (Wildman–Crippen LogP) is 4.19. The van der Waals surface area contributed by atoms with Crippen LogP contribution in [0.5, 0.6) is 5.75 Å². The highest BCUT2D eigenvalue weighted by atomic mass is 16.3. The molecule has 1 aliphatic carbocycles. The molecule has 3 aromatic rings. The highest BCUT2D eigenvalue weighted by Crippen LogP contribution is 2.47. The molecule has 0 aromatic heterocycles. The van der Waals surface area contributed by atoms with Crippen molar-refractivity contribution in [3.63, 3.8) is 0 Å². The van der Waals surface area contributed by atoms with Gasteiger partial charge in [0.15, 0.2) is 0 Å². The standard InChI is InChI=1S/C16H10O/c17-11-7-8-12-13-5-1-3-10-4-2-6-14(16(10)13)15(12)9-11/h1-9,17H. The third-order valence-corrected chi connectivity index (χ3v) is 3.49. The number of benzene rings is 3. The van der Waals surface area contributed by atoms with Crippen molar-refractivity contribution in [2.75, 3.05) is 0 Å². The van der Waals surface area contributed by atoms with E-state index in [0.29, 0.717) is 5.75 Å². The van der Waals surface area contributed by atoms with Gasteiger partial charge in [0.1, 0.15) is 5.75 Å². The number of aromatic hydroxyl groups is 1. The van der Waals surface area contributed by atoms with E-state index >= 15 is 0 Å². The van der Waals surface area contributed by atoms with Crippen molar-refractivity contribution < 1.29 is 5.11 Å². The Morgan fingerprint density at radius 3 is 2.12 bits per heavy atom. The number of phenolic OH excluding ortho intramolecular Hbond substituents is 1. The molecule has 0 saturated heterocycles. The van der Waals surface area contributed by atoms with Gasteiger partial charge in [-0.2, -0.15) is 0 Å². The molecule has 1 N–H and O–H groups in total. The topological polar surface area (TPSA) is 20.2 Å². The van der Waals surface area contributed by atoms with Crippen LogP contribution in [-0.2, 0) is 0 Å². The number of phenols is 1. The summed E-state index contributed by atoms with van der Waals surface area (Å²) in [6, 6.07) is 18.3. The molecule has 80 valence electrons. The Kier molecular flexibility index (Phi) is 1.50. The van der Waals surface area contributed by atoms with Crippen LogP contribution in [0.1, 0.15) is 0 Å². The predicted molar refractivity (Wildman–Crippen MR) is 70.0 cm³/mol. The van der Waals surface area contributed by atoms with Crippen LogP contribution in [0.4, 0.5) is 0 Å². The van der Waals surface area contributed by atoms with Crippen molar-refractivity contribution >= 4 is 10.8 Å². The van der Waals surface area contributed by atoms with Gasteiger partial charge in [-0.3, -0.25) is 0 Å². The molecular formula is C16H10O. The second-order valence-corrected chi connectivity index (χ2v) is 4.44. The lowest BCUT2D eigenvalue weighted by Gasteiger charge is -2.01. The maximum atomic E-state index is 9.63. The smallest absolute Gasteiger partial charge is 0.116 e. The molecule has 0 radical (unpaired) electrons. The number of rotatable bonds is 0. The maximum Gasteiger partial charge on any atom is 0.116 e. The average molecular weight is 218 g/mol. The number of fused-ring (bicyclic) bond motifs is 3. The second kappa shape index (κ2) is 2.89. The lowest BCUT2D eigenvalue weighted by Crippen LogP contribution is -1.75. The molecule has 0 saturated carbocycles. The van der Waals surface area contributed by atoms with Crippen LogP contribution in [0.15, 0.2) is 54.6 Å². The van der Waals surface area contributed by atoms with Gasteiger partial charge < -0.3 is 5.11 Å². The first kappa shape index (κ1) is 8.82. The van der Waals surface area contributed by atoms with Crippen LogP contribution < -0.4 is 0 Å². The summed E-state index contributed by atoms with van der Waals surface area (Å²) in [6.07, 6.45) is 0. The van der Waals surface area contributed by atoms with Gasteiger partial charge in [0, 0.05) is 0 Å². The molecule has 0 atom stereocenters. The van der Waals surface area contributed by atoms with Gasteiger partial charge in [-0.05, 0) is 45.2 Å². The number of hydrogen-bond donors (Lipinski definition) is 1. The quantitative estimate of drug-likeness (QED) is 0.469. The first-order chi connectivity index (χ1) is 8.34. The normalized spacial score (nSPS) is 11.8. The molecule has 0 spiro atoms. The van der Waals surface area contributed by atoms with Crippen molar-refractivity contribution in [2.45, 2.75) is 0 Å². The Morgan fingerprint density at radius 2 is 1.35 bits per heavy atom. The summed E-state index contributed by atoms with van der Waals surface area (Å²) in [5.41, 5.74) is 4.85. The monoisotopic (exact) mass is 218 g/mol. The Hall–Kier alpha value is -2.28. The van der Waals surface area contributed by atoms with E-state index in [4.69, 9.17) is 0 Å². The van der Waals surface area contributed by atoms with E-state index in [-0.39, 0.29) is 0 Å². The first-order valence-electron chi connectivity index (χ1n) is 5.70. The summed E-state index contributed by atoms with van der Waals surface area (Å²) in [5.74, 6) is 0.327. The van der Waals surface area contributed by atoms with E-state index in [0.717, 1.165) is 5.56 Å². The van der Waals surface area contributed by atoms with E-state index < -0.39 is 0 Å². The Bertz CT molecular complexity index is 751. The van der Waals surface area contributed by atoms with Crippen LogP contribution in [0.2, 0.25) is 0 Å². The number of hydrogen-bond acceptors (Lipinski definition) is 1. The van der Waals surface area contributed by atoms with Gasteiger partial charge in [-0.25, -0.2) is 0 Å².